The molecule has 1 saturated carbocycles. The van der Waals surface area contributed by atoms with E-state index in [9.17, 15) is 14.4 Å². The van der Waals surface area contributed by atoms with Crippen LogP contribution in [-0.4, -0.2) is 30.6 Å². The SMILES string of the molecule is Cc1cccc(C(=O)OCC(=O)NC(=O)NC2CCCCC2)c1C. The minimum Gasteiger partial charge on any atom is -0.452 e. The number of hydrogen-bond donors (Lipinski definition) is 2. The van der Waals surface area contributed by atoms with Crippen LogP contribution in [0.4, 0.5) is 4.79 Å². The van der Waals surface area contributed by atoms with Crippen LogP contribution in [0.15, 0.2) is 18.2 Å². The van der Waals surface area contributed by atoms with Crippen LogP contribution in [0.1, 0.15) is 53.6 Å². The first-order valence-electron chi connectivity index (χ1n) is 8.31. The Hall–Kier alpha value is -2.37. The van der Waals surface area contributed by atoms with Crippen LogP contribution >= 0.6 is 0 Å². The first-order chi connectivity index (χ1) is 11.5. The molecule has 0 unspecified atom stereocenters. The number of ether oxygens (including phenoxy) is 1. The average Bonchev–Trinajstić information content (AvgIpc) is 2.56. The molecule has 0 saturated heterocycles. The third-order valence-corrected chi connectivity index (χ3v) is 4.35. The number of rotatable bonds is 4. The van der Waals surface area contributed by atoms with E-state index in [0.717, 1.165) is 36.8 Å². The molecule has 6 heteroatoms. The van der Waals surface area contributed by atoms with E-state index in [0.29, 0.717) is 5.56 Å². The number of benzene rings is 1. The van der Waals surface area contributed by atoms with Crippen molar-refractivity contribution in [2.75, 3.05) is 6.61 Å². The van der Waals surface area contributed by atoms with Crippen molar-refractivity contribution in [1.82, 2.24) is 10.6 Å². The van der Waals surface area contributed by atoms with E-state index >= 15 is 0 Å². The van der Waals surface area contributed by atoms with Gasteiger partial charge in [-0.25, -0.2) is 9.59 Å². The third-order valence-electron chi connectivity index (χ3n) is 4.35. The summed E-state index contributed by atoms with van der Waals surface area (Å²) in [6.45, 7) is 3.24. The van der Waals surface area contributed by atoms with Crippen LogP contribution in [-0.2, 0) is 9.53 Å². The summed E-state index contributed by atoms with van der Waals surface area (Å²) in [6, 6.07) is 4.89. The zero-order valence-corrected chi connectivity index (χ0v) is 14.2. The predicted octanol–water partition coefficient (Wildman–Crippen LogP) is 2.62. The number of amides is 3. The molecule has 0 aromatic heterocycles. The molecule has 0 spiro atoms. The molecule has 3 amide bonds. The molecular formula is C18H24N2O4. The predicted molar refractivity (Wildman–Crippen MR) is 89.7 cm³/mol. The third kappa shape index (κ3) is 5.08. The second-order valence-electron chi connectivity index (χ2n) is 6.18. The molecule has 1 aliphatic rings. The van der Waals surface area contributed by atoms with E-state index in [-0.39, 0.29) is 6.04 Å². The number of nitrogens with one attached hydrogen (secondary N) is 2. The van der Waals surface area contributed by atoms with Gasteiger partial charge in [0.2, 0.25) is 0 Å². The minimum atomic E-state index is -0.637. The number of carbonyl (C=O) groups excluding carboxylic acids is 3. The molecule has 0 atom stereocenters. The highest BCUT2D eigenvalue weighted by Gasteiger charge is 2.18. The van der Waals surface area contributed by atoms with E-state index in [1.54, 1.807) is 12.1 Å². The van der Waals surface area contributed by atoms with Gasteiger partial charge < -0.3 is 10.1 Å². The van der Waals surface area contributed by atoms with Gasteiger partial charge in [0, 0.05) is 6.04 Å². The van der Waals surface area contributed by atoms with Gasteiger partial charge in [-0.05, 0) is 43.9 Å². The fraction of sp³-hybridized carbons (Fsp3) is 0.500. The van der Waals surface area contributed by atoms with Crippen LogP contribution in [0.5, 0.6) is 0 Å². The molecule has 6 nitrogen and oxygen atoms in total. The molecule has 0 bridgehead atoms. The summed E-state index contributed by atoms with van der Waals surface area (Å²) >= 11 is 0. The van der Waals surface area contributed by atoms with Crippen LogP contribution in [0.3, 0.4) is 0 Å². The maximum Gasteiger partial charge on any atom is 0.338 e. The summed E-state index contributed by atoms with van der Waals surface area (Å²) in [6.07, 6.45) is 5.23. The first kappa shape index (κ1) is 18.0. The largest absolute Gasteiger partial charge is 0.452 e. The topological polar surface area (TPSA) is 84.5 Å². The van der Waals surface area contributed by atoms with Crippen LogP contribution < -0.4 is 10.6 Å². The average molecular weight is 332 g/mol. The highest BCUT2D eigenvalue weighted by atomic mass is 16.5. The number of urea groups is 1. The van der Waals surface area contributed by atoms with Crippen molar-refractivity contribution >= 4 is 17.9 Å². The summed E-state index contributed by atoms with van der Waals surface area (Å²) in [4.78, 5) is 35.5. The maximum atomic E-state index is 12.0. The lowest BCUT2D eigenvalue weighted by molar-refractivity contribution is -0.123. The Morgan fingerprint density at radius 3 is 2.54 bits per heavy atom. The molecule has 130 valence electrons. The summed E-state index contributed by atoms with van der Waals surface area (Å²) in [5.41, 5.74) is 2.22. The Morgan fingerprint density at radius 1 is 1.12 bits per heavy atom. The first-order valence-corrected chi connectivity index (χ1v) is 8.31. The highest BCUT2D eigenvalue weighted by molar-refractivity contribution is 5.97. The van der Waals surface area contributed by atoms with Crippen molar-refractivity contribution in [1.29, 1.82) is 0 Å². The molecule has 1 fully saturated rings. The van der Waals surface area contributed by atoms with Crippen LogP contribution in [0, 0.1) is 13.8 Å². The van der Waals surface area contributed by atoms with Gasteiger partial charge in [-0.15, -0.1) is 0 Å². The van der Waals surface area contributed by atoms with E-state index in [2.05, 4.69) is 10.6 Å². The summed E-state index contributed by atoms with van der Waals surface area (Å²) in [5, 5.41) is 4.97. The lowest BCUT2D eigenvalue weighted by Gasteiger charge is -2.22. The lowest BCUT2D eigenvalue weighted by atomic mass is 9.96. The van der Waals surface area contributed by atoms with E-state index in [1.165, 1.54) is 6.42 Å². The zero-order valence-electron chi connectivity index (χ0n) is 14.2. The Kier molecular flexibility index (Phi) is 6.35. The molecule has 1 aromatic carbocycles. The Morgan fingerprint density at radius 2 is 1.83 bits per heavy atom. The lowest BCUT2D eigenvalue weighted by Crippen LogP contribution is -2.46. The summed E-state index contributed by atoms with van der Waals surface area (Å²) < 4.78 is 4.99. The number of carbonyl (C=O) groups is 3. The highest BCUT2D eigenvalue weighted by Crippen LogP contribution is 2.17. The molecule has 2 rings (SSSR count). The molecule has 1 aliphatic carbocycles. The Bertz CT molecular complexity index is 621. The van der Waals surface area contributed by atoms with Gasteiger partial charge in [0.05, 0.1) is 5.56 Å². The number of aryl methyl sites for hydroxylation is 1. The smallest absolute Gasteiger partial charge is 0.338 e. The van der Waals surface area contributed by atoms with Gasteiger partial charge in [-0.1, -0.05) is 31.4 Å². The maximum absolute atomic E-state index is 12.0. The zero-order chi connectivity index (χ0) is 17.5. The molecule has 0 heterocycles. The van der Waals surface area contributed by atoms with E-state index in [4.69, 9.17) is 4.74 Å². The van der Waals surface area contributed by atoms with Crippen molar-refractivity contribution in [3.05, 3.63) is 34.9 Å². The summed E-state index contributed by atoms with van der Waals surface area (Å²) in [5.74, 6) is -1.21. The molecule has 1 aromatic rings. The molecular weight excluding hydrogens is 308 g/mol. The molecule has 24 heavy (non-hydrogen) atoms. The number of esters is 1. The van der Waals surface area contributed by atoms with Crippen LogP contribution in [0.2, 0.25) is 0 Å². The van der Waals surface area contributed by atoms with Crippen molar-refractivity contribution < 1.29 is 19.1 Å². The number of imide groups is 1. The molecule has 0 radical (unpaired) electrons. The van der Waals surface area contributed by atoms with Crippen LogP contribution in [0.25, 0.3) is 0 Å². The van der Waals surface area contributed by atoms with Gasteiger partial charge in [-0.3, -0.25) is 10.1 Å². The Labute approximate surface area is 142 Å². The van der Waals surface area contributed by atoms with Crippen molar-refractivity contribution in [2.45, 2.75) is 52.0 Å². The summed E-state index contributed by atoms with van der Waals surface area (Å²) in [7, 11) is 0. The molecule has 2 N–H and O–H groups in total. The van der Waals surface area contributed by atoms with Gasteiger partial charge in [0.1, 0.15) is 0 Å². The van der Waals surface area contributed by atoms with Crippen molar-refractivity contribution in [3.63, 3.8) is 0 Å². The fourth-order valence-corrected chi connectivity index (χ4v) is 2.81. The van der Waals surface area contributed by atoms with Crippen molar-refractivity contribution in [2.24, 2.45) is 0 Å². The normalized spacial score (nSPS) is 14.8. The monoisotopic (exact) mass is 332 g/mol. The second-order valence-corrected chi connectivity index (χ2v) is 6.18. The van der Waals surface area contributed by atoms with Gasteiger partial charge in [-0.2, -0.15) is 0 Å². The van der Waals surface area contributed by atoms with E-state index in [1.807, 2.05) is 19.9 Å². The second kappa shape index (κ2) is 8.47. The molecule has 0 aliphatic heterocycles. The van der Waals surface area contributed by atoms with E-state index < -0.39 is 24.5 Å². The van der Waals surface area contributed by atoms with Gasteiger partial charge in [0.25, 0.3) is 5.91 Å². The Balaban J connectivity index is 1.77. The van der Waals surface area contributed by atoms with Gasteiger partial charge in [0.15, 0.2) is 6.61 Å². The number of hydrogen-bond acceptors (Lipinski definition) is 4. The quantitative estimate of drug-likeness (QED) is 0.830. The standard InChI is InChI=1S/C18H24N2O4/c1-12-7-6-10-15(13(12)2)17(22)24-11-16(21)20-18(23)19-14-8-4-3-5-9-14/h6-7,10,14H,3-5,8-9,11H2,1-2H3,(H2,19,20,21,23). The van der Waals surface area contributed by atoms with Crippen molar-refractivity contribution in [3.8, 4) is 0 Å². The van der Waals surface area contributed by atoms with Gasteiger partial charge >= 0.3 is 12.0 Å². The fourth-order valence-electron chi connectivity index (χ4n) is 2.81. The minimum absolute atomic E-state index is 0.115.